The van der Waals surface area contributed by atoms with Gasteiger partial charge in [-0.25, -0.2) is 0 Å². The summed E-state index contributed by atoms with van der Waals surface area (Å²) in [7, 11) is 0. The molecule has 1 saturated carbocycles. The van der Waals surface area contributed by atoms with Gasteiger partial charge in [0.15, 0.2) is 0 Å². The smallest absolute Gasteiger partial charge is 0.0406 e. The largest absolute Gasteiger partial charge is 0.0843 e. The molecule has 1 fully saturated rings. The molecule has 0 aliphatic heterocycles. The van der Waals surface area contributed by atoms with E-state index in [0.29, 0.717) is 0 Å². The van der Waals surface area contributed by atoms with Crippen molar-refractivity contribution in [1.82, 2.24) is 0 Å². The van der Waals surface area contributed by atoms with Crippen molar-refractivity contribution in [2.75, 3.05) is 0 Å². The Kier molecular flexibility index (Phi) is 1.93. The zero-order valence-electron chi connectivity index (χ0n) is 7.05. The van der Waals surface area contributed by atoms with Crippen LogP contribution in [0.4, 0.5) is 0 Å². The van der Waals surface area contributed by atoms with Gasteiger partial charge >= 0.3 is 0 Å². The third-order valence-corrected chi connectivity index (χ3v) is 2.49. The van der Waals surface area contributed by atoms with E-state index < -0.39 is 0 Å². The van der Waals surface area contributed by atoms with Crippen molar-refractivity contribution in [3.63, 3.8) is 0 Å². The summed E-state index contributed by atoms with van der Waals surface area (Å²) >= 11 is 5.77. The van der Waals surface area contributed by atoms with Crippen LogP contribution in [0.25, 0.3) is 6.08 Å². The second-order valence-electron chi connectivity index (χ2n) is 3.38. The van der Waals surface area contributed by atoms with Crippen LogP contribution in [-0.2, 0) is 0 Å². The lowest BCUT2D eigenvalue weighted by Crippen LogP contribution is -1.69. The second kappa shape index (κ2) is 2.95. The molecule has 1 aromatic carbocycles. The van der Waals surface area contributed by atoms with Crippen LogP contribution in [0.15, 0.2) is 29.8 Å². The first-order valence-electron chi connectivity index (χ1n) is 4.22. The van der Waals surface area contributed by atoms with Crippen LogP contribution in [0, 0.1) is 5.92 Å². The maximum Gasteiger partial charge on any atom is 0.0406 e. The Labute approximate surface area is 77.9 Å². The first kappa shape index (κ1) is 7.88. The summed E-state index contributed by atoms with van der Waals surface area (Å²) < 4.78 is 0. The molecule has 0 nitrogen and oxygen atoms in total. The van der Waals surface area contributed by atoms with Crippen molar-refractivity contribution in [2.24, 2.45) is 5.92 Å². The fraction of sp³-hybridized carbons (Fsp3) is 0.273. The van der Waals surface area contributed by atoms with Gasteiger partial charge in [0, 0.05) is 5.02 Å². The van der Waals surface area contributed by atoms with Gasteiger partial charge in [0.2, 0.25) is 0 Å². The molecule has 1 aliphatic carbocycles. The van der Waals surface area contributed by atoms with Crippen molar-refractivity contribution in [3.8, 4) is 0 Å². The lowest BCUT2D eigenvalue weighted by atomic mass is 10.2. The number of rotatable bonds is 1. The predicted molar refractivity (Wildman–Crippen MR) is 53.2 cm³/mol. The molecule has 0 aromatic heterocycles. The minimum Gasteiger partial charge on any atom is -0.0843 e. The highest BCUT2D eigenvalue weighted by atomic mass is 35.5. The van der Waals surface area contributed by atoms with Gasteiger partial charge in [-0.1, -0.05) is 42.3 Å². The molecule has 0 bridgehead atoms. The average Bonchev–Trinajstić information content (AvgIpc) is 2.72. The molecule has 1 heteroatoms. The molecule has 0 amide bonds. The van der Waals surface area contributed by atoms with Crippen molar-refractivity contribution in [2.45, 2.75) is 13.3 Å². The Bertz CT molecular complexity index is 308. The standard InChI is InChI=1S/C11H11Cl/c1-8-6-10(8)7-9-2-4-11(12)5-3-9/h2-5,7-8H,6H2,1H3/b10-7+. The normalized spacial score (nSPS) is 24.5. The summed E-state index contributed by atoms with van der Waals surface area (Å²) in [4.78, 5) is 0. The zero-order valence-corrected chi connectivity index (χ0v) is 7.81. The van der Waals surface area contributed by atoms with E-state index in [9.17, 15) is 0 Å². The minimum absolute atomic E-state index is 0.806. The van der Waals surface area contributed by atoms with Crippen LogP contribution in [0.3, 0.4) is 0 Å². The molecule has 12 heavy (non-hydrogen) atoms. The Morgan fingerprint density at radius 1 is 1.33 bits per heavy atom. The van der Waals surface area contributed by atoms with Gasteiger partial charge in [-0.05, 0) is 30.0 Å². The highest BCUT2D eigenvalue weighted by molar-refractivity contribution is 6.30. The molecule has 0 N–H and O–H groups in total. The van der Waals surface area contributed by atoms with E-state index >= 15 is 0 Å². The molecule has 1 unspecified atom stereocenters. The number of benzene rings is 1. The lowest BCUT2D eigenvalue weighted by molar-refractivity contribution is 1.02. The van der Waals surface area contributed by atoms with E-state index in [1.165, 1.54) is 12.0 Å². The third-order valence-electron chi connectivity index (χ3n) is 2.24. The van der Waals surface area contributed by atoms with Gasteiger partial charge in [0.1, 0.15) is 0 Å². The fourth-order valence-corrected chi connectivity index (χ4v) is 1.39. The molecule has 1 atom stereocenters. The van der Waals surface area contributed by atoms with E-state index in [-0.39, 0.29) is 0 Å². The van der Waals surface area contributed by atoms with E-state index in [1.54, 1.807) is 5.57 Å². The Hall–Kier alpha value is -0.750. The number of hydrogen-bond donors (Lipinski definition) is 0. The van der Waals surface area contributed by atoms with Crippen LogP contribution >= 0.6 is 11.6 Å². The van der Waals surface area contributed by atoms with E-state index in [1.807, 2.05) is 12.1 Å². The Morgan fingerprint density at radius 2 is 1.92 bits per heavy atom. The molecule has 1 aliphatic rings. The van der Waals surface area contributed by atoms with Crippen LogP contribution < -0.4 is 0 Å². The summed E-state index contributed by atoms with van der Waals surface area (Å²) in [5, 5.41) is 0.806. The van der Waals surface area contributed by atoms with Crippen molar-refractivity contribution < 1.29 is 0 Å². The molecular weight excluding hydrogens is 168 g/mol. The minimum atomic E-state index is 0.806. The van der Waals surface area contributed by atoms with Gasteiger partial charge < -0.3 is 0 Å². The lowest BCUT2D eigenvalue weighted by Gasteiger charge is -1.91. The molecule has 0 radical (unpaired) electrons. The van der Waals surface area contributed by atoms with E-state index in [4.69, 9.17) is 11.6 Å². The maximum absolute atomic E-state index is 5.77. The fourth-order valence-electron chi connectivity index (χ4n) is 1.27. The highest BCUT2D eigenvalue weighted by Gasteiger charge is 2.23. The van der Waals surface area contributed by atoms with Crippen LogP contribution in [-0.4, -0.2) is 0 Å². The van der Waals surface area contributed by atoms with Crippen LogP contribution in [0.2, 0.25) is 5.02 Å². The van der Waals surface area contributed by atoms with Crippen LogP contribution in [0.5, 0.6) is 0 Å². The summed E-state index contributed by atoms with van der Waals surface area (Å²) in [6.45, 7) is 2.25. The third kappa shape index (κ3) is 1.70. The zero-order chi connectivity index (χ0) is 8.55. The first-order chi connectivity index (χ1) is 5.75. The number of allylic oxidation sites excluding steroid dienone is 1. The molecule has 0 spiro atoms. The topological polar surface area (TPSA) is 0 Å². The van der Waals surface area contributed by atoms with Gasteiger partial charge in [-0.2, -0.15) is 0 Å². The van der Waals surface area contributed by atoms with Crippen molar-refractivity contribution in [1.29, 1.82) is 0 Å². The van der Waals surface area contributed by atoms with Gasteiger partial charge in [-0.15, -0.1) is 0 Å². The monoisotopic (exact) mass is 178 g/mol. The van der Waals surface area contributed by atoms with Gasteiger partial charge in [0.25, 0.3) is 0 Å². The Morgan fingerprint density at radius 3 is 2.42 bits per heavy atom. The molecule has 0 heterocycles. The quantitative estimate of drug-likeness (QED) is 0.614. The SMILES string of the molecule is CC1C/C1=C\c1ccc(Cl)cc1. The summed E-state index contributed by atoms with van der Waals surface area (Å²) in [5.74, 6) is 0.806. The van der Waals surface area contributed by atoms with Crippen molar-refractivity contribution in [3.05, 3.63) is 40.4 Å². The van der Waals surface area contributed by atoms with E-state index in [2.05, 4.69) is 25.1 Å². The predicted octanol–water partition coefficient (Wildman–Crippen LogP) is 3.76. The number of hydrogen-bond acceptors (Lipinski definition) is 0. The number of halogens is 1. The van der Waals surface area contributed by atoms with Crippen LogP contribution in [0.1, 0.15) is 18.9 Å². The highest BCUT2D eigenvalue weighted by Crippen LogP contribution is 2.38. The van der Waals surface area contributed by atoms with Crippen molar-refractivity contribution >= 4 is 17.7 Å². The summed E-state index contributed by atoms with van der Waals surface area (Å²) in [6, 6.07) is 7.97. The molecule has 1 aromatic rings. The summed E-state index contributed by atoms with van der Waals surface area (Å²) in [5.41, 5.74) is 2.82. The van der Waals surface area contributed by atoms with E-state index in [0.717, 1.165) is 10.9 Å². The average molecular weight is 179 g/mol. The maximum atomic E-state index is 5.77. The van der Waals surface area contributed by atoms with Gasteiger partial charge in [-0.3, -0.25) is 0 Å². The molecule has 0 saturated heterocycles. The Balaban J connectivity index is 2.20. The first-order valence-corrected chi connectivity index (χ1v) is 4.59. The summed E-state index contributed by atoms with van der Waals surface area (Å²) in [6.07, 6.45) is 3.52. The molecule has 2 rings (SSSR count). The second-order valence-corrected chi connectivity index (χ2v) is 3.81. The van der Waals surface area contributed by atoms with Gasteiger partial charge in [0.05, 0.1) is 0 Å². The molecular formula is C11H11Cl. The molecule has 62 valence electrons.